The van der Waals surface area contributed by atoms with E-state index in [9.17, 15) is 14.4 Å². The fraction of sp³-hybridized carbons (Fsp3) is 0.160. The fourth-order valence-electron chi connectivity index (χ4n) is 2.95. The van der Waals surface area contributed by atoms with Gasteiger partial charge in [-0.15, -0.1) is 0 Å². The van der Waals surface area contributed by atoms with Crippen molar-refractivity contribution in [2.24, 2.45) is 0 Å². The molecule has 3 aromatic carbocycles. The van der Waals surface area contributed by atoms with Crippen molar-refractivity contribution in [2.75, 3.05) is 11.9 Å². The molecule has 0 heterocycles. The number of rotatable bonds is 8. The molecule has 158 valence electrons. The number of amides is 2. The van der Waals surface area contributed by atoms with Gasteiger partial charge >= 0.3 is 5.97 Å². The first kappa shape index (κ1) is 21.8. The summed E-state index contributed by atoms with van der Waals surface area (Å²) in [5.41, 5.74) is 2.99. The lowest BCUT2D eigenvalue weighted by Gasteiger charge is -2.18. The Kier molecular flexibility index (Phi) is 7.54. The highest BCUT2D eigenvalue weighted by Crippen LogP contribution is 2.09. The Morgan fingerprint density at radius 3 is 2.10 bits per heavy atom. The van der Waals surface area contributed by atoms with E-state index in [2.05, 4.69) is 10.6 Å². The first-order valence-electron chi connectivity index (χ1n) is 9.94. The molecule has 6 nitrogen and oxygen atoms in total. The molecule has 0 aromatic heterocycles. The largest absolute Gasteiger partial charge is 0.454 e. The molecule has 0 fully saturated rings. The van der Waals surface area contributed by atoms with Gasteiger partial charge in [0.25, 0.3) is 11.8 Å². The van der Waals surface area contributed by atoms with Gasteiger partial charge in [0.15, 0.2) is 6.61 Å². The van der Waals surface area contributed by atoms with E-state index in [1.54, 1.807) is 42.5 Å². The Hall–Kier alpha value is -3.93. The van der Waals surface area contributed by atoms with Crippen molar-refractivity contribution in [3.05, 3.63) is 102 Å². The Labute approximate surface area is 181 Å². The molecule has 3 rings (SSSR count). The third-order valence-corrected chi connectivity index (χ3v) is 4.59. The van der Waals surface area contributed by atoms with Gasteiger partial charge in [-0.3, -0.25) is 9.59 Å². The predicted octanol–water partition coefficient (Wildman–Crippen LogP) is 3.52. The van der Waals surface area contributed by atoms with Crippen molar-refractivity contribution in [1.82, 2.24) is 5.32 Å². The minimum Gasteiger partial charge on any atom is -0.454 e. The number of aryl methyl sites for hydroxylation is 1. The molecule has 3 aromatic rings. The number of benzene rings is 3. The summed E-state index contributed by atoms with van der Waals surface area (Å²) in [4.78, 5) is 37.4. The molecule has 0 aliphatic heterocycles. The van der Waals surface area contributed by atoms with E-state index in [1.165, 1.54) is 0 Å². The van der Waals surface area contributed by atoms with Gasteiger partial charge in [0.05, 0.1) is 0 Å². The molecular weight excluding hydrogens is 392 g/mol. The number of carbonyl (C=O) groups is 3. The van der Waals surface area contributed by atoms with Crippen LogP contribution in [0.2, 0.25) is 0 Å². The van der Waals surface area contributed by atoms with E-state index in [1.807, 2.05) is 49.4 Å². The lowest BCUT2D eigenvalue weighted by molar-refractivity contribution is -0.149. The number of esters is 1. The number of anilines is 1. The number of carbonyl (C=O) groups excluding carboxylic acids is 3. The van der Waals surface area contributed by atoms with Crippen LogP contribution >= 0.6 is 0 Å². The van der Waals surface area contributed by atoms with Gasteiger partial charge in [0.2, 0.25) is 0 Å². The quantitative estimate of drug-likeness (QED) is 0.551. The van der Waals surface area contributed by atoms with Crippen molar-refractivity contribution in [1.29, 1.82) is 0 Å². The molecule has 6 heteroatoms. The summed E-state index contributed by atoms with van der Waals surface area (Å²) in [6, 6.07) is 24.3. The zero-order chi connectivity index (χ0) is 22.1. The Bertz CT molecular complexity index is 1020. The molecule has 0 saturated carbocycles. The highest BCUT2D eigenvalue weighted by atomic mass is 16.5. The molecule has 0 spiro atoms. The van der Waals surface area contributed by atoms with Gasteiger partial charge in [-0.05, 0) is 36.8 Å². The van der Waals surface area contributed by atoms with Crippen molar-refractivity contribution in [3.8, 4) is 0 Å². The van der Waals surface area contributed by atoms with Gasteiger partial charge < -0.3 is 15.4 Å². The van der Waals surface area contributed by atoms with Crippen LogP contribution in [0.15, 0.2) is 84.9 Å². The lowest BCUT2D eigenvalue weighted by atomic mass is 10.1. The zero-order valence-electron chi connectivity index (χ0n) is 17.2. The van der Waals surface area contributed by atoms with Crippen LogP contribution in [0.5, 0.6) is 0 Å². The van der Waals surface area contributed by atoms with Gasteiger partial charge in [-0.1, -0.05) is 66.2 Å². The number of hydrogen-bond donors (Lipinski definition) is 2. The van der Waals surface area contributed by atoms with E-state index in [-0.39, 0.29) is 12.3 Å². The molecule has 1 unspecified atom stereocenters. The highest BCUT2D eigenvalue weighted by molar-refractivity contribution is 5.97. The van der Waals surface area contributed by atoms with Crippen LogP contribution in [0, 0.1) is 6.92 Å². The van der Waals surface area contributed by atoms with E-state index in [0.717, 1.165) is 11.1 Å². The summed E-state index contributed by atoms with van der Waals surface area (Å²) in [5.74, 6) is -1.51. The van der Waals surface area contributed by atoms with Crippen LogP contribution in [0.25, 0.3) is 0 Å². The van der Waals surface area contributed by atoms with Crippen molar-refractivity contribution in [3.63, 3.8) is 0 Å². The van der Waals surface area contributed by atoms with Gasteiger partial charge in [-0.25, -0.2) is 4.79 Å². The maximum absolute atomic E-state index is 12.7. The van der Waals surface area contributed by atoms with Crippen molar-refractivity contribution >= 4 is 23.5 Å². The van der Waals surface area contributed by atoms with Crippen LogP contribution in [-0.2, 0) is 20.7 Å². The van der Waals surface area contributed by atoms with Crippen LogP contribution in [-0.4, -0.2) is 30.4 Å². The maximum atomic E-state index is 12.7. The Morgan fingerprint density at radius 1 is 0.839 bits per heavy atom. The van der Waals surface area contributed by atoms with Gasteiger partial charge in [0, 0.05) is 17.7 Å². The standard InChI is InChI=1S/C25H24N2O4/c1-18-12-14-21(15-13-18)26-23(28)17-31-25(30)22(16-19-8-4-2-5-9-19)27-24(29)20-10-6-3-7-11-20/h2-15,22H,16-17H2,1H3,(H,26,28)(H,27,29). The monoisotopic (exact) mass is 416 g/mol. The van der Waals surface area contributed by atoms with Crippen molar-refractivity contribution in [2.45, 2.75) is 19.4 Å². The summed E-state index contributed by atoms with van der Waals surface area (Å²) in [7, 11) is 0. The summed E-state index contributed by atoms with van der Waals surface area (Å²) < 4.78 is 5.21. The highest BCUT2D eigenvalue weighted by Gasteiger charge is 2.24. The molecule has 0 bridgehead atoms. The van der Waals surface area contributed by atoms with Crippen molar-refractivity contribution < 1.29 is 19.1 Å². The average Bonchev–Trinajstić information content (AvgIpc) is 2.80. The summed E-state index contributed by atoms with van der Waals surface area (Å²) >= 11 is 0. The maximum Gasteiger partial charge on any atom is 0.329 e. The number of nitrogens with one attached hydrogen (secondary N) is 2. The molecule has 2 N–H and O–H groups in total. The Morgan fingerprint density at radius 2 is 1.45 bits per heavy atom. The van der Waals surface area contributed by atoms with E-state index >= 15 is 0 Å². The Balaban J connectivity index is 1.62. The molecule has 0 aliphatic carbocycles. The summed E-state index contributed by atoms with van der Waals surface area (Å²) in [5, 5.41) is 5.39. The van der Waals surface area contributed by atoms with E-state index in [4.69, 9.17) is 4.74 Å². The second-order valence-electron chi connectivity index (χ2n) is 7.10. The summed E-state index contributed by atoms with van der Waals surface area (Å²) in [6.45, 7) is 1.50. The van der Waals surface area contributed by atoms with Gasteiger partial charge in [0.1, 0.15) is 6.04 Å². The van der Waals surface area contributed by atoms with Gasteiger partial charge in [-0.2, -0.15) is 0 Å². The lowest BCUT2D eigenvalue weighted by Crippen LogP contribution is -2.44. The van der Waals surface area contributed by atoms with E-state index in [0.29, 0.717) is 11.3 Å². The van der Waals surface area contributed by atoms with Crippen LogP contribution in [0.4, 0.5) is 5.69 Å². The number of ether oxygens (including phenoxy) is 1. The average molecular weight is 416 g/mol. The normalized spacial score (nSPS) is 11.3. The SMILES string of the molecule is Cc1ccc(NC(=O)COC(=O)C(Cc2ccccc2)NC(=O)c2ccccc2)cc1. The summed E-state index contributed by atoms with van der Waals surface area (Å²) in [6.07, 6.45) is 0.248. The molecular formula is C25H24N2O4. The fourth-order valence-corrected chi connectivity index (χ4v) is 2.95. The zero-order valence-corrected chi connectivity index (χ0v) is 17.2. The predicted molar refractivity (Wildman–Crippen MR) is 119 cm³/mol. The number of hydrogen-bond acceptors (Lipinski definition) is 4. The molecule has 31 heavy (non-hydrogen) atoms. The molecule has 0 saturated heterocycles. The van der Waals surface area contributed by atoms with Crippen LogP contribution in [0.3, 0.4) is 0 Å². The van der Waals surface area contributed by atoms with Crippen LogP contribution < -0.4 is 10.6 Å². The topological polar surface area (TPSA) is 84.5 Å². The third-order valence-electron chi connectivity index (χ3n) is 4.59. The van der Waals surface area contributed by atoms with Crippen LogP contribution in [0.1, 0.15) is 21.5 Å². The second kappa shape index (κ2) is 10.7. The first-order chi connectivity index (χ1) is 15.0. The molecule has 1 atom stereocenters. The van der Waals surface area contributed by atoms with E-state index < -0.39 is 24.5 Å². The second-order valence-corrected chi connectivity index (χ2v) is 7.10. The minimum absolute atomic E-state index is 0.248. The molecule has 0 aliphatic rings. The molecule has 2 amide bonds. The first-order valence-corrected chi connectivity index (χ1v) is 9.94. The smallest absolute Gasteiger partial charge is 0.329 e. The minimum atomic E-state index is -0.928. The third kappa shape index (κ3) is 6.82. The molecule has 0 radical (unpaired) electrons.